The van der Waals surface area contributed by atoms with Gasteiger partial charge in [0, 0.05) is 21.8 Å². The van der Waals surface area contributed by atoms with E-state index in [-0.39, 0.29) is 12.0 Å². The molecular formula is C27H34BrN3O4. The molecular weight excluding hydrogens is 510 g/mol. The van der Waals surface area contributed by atoms with Gasteiger partial charge in [-0.15, -0.1) is 0 Å². The minimum Gasteiger partial charge on any atom is -0.493 e. The summed E-state index contributed by atoms with van der Waals surface area (Å²) in [6, 6.07) is 10.2. The summed E-state index contributed by atoms with van der Waals surface area (Å²) in [6.07, 6.45) is 4.97. The van der Waals surface area contributed by atoms with Gasteiger partial charge in [0.25, 0.3) is 0 Å². The van der Waals surface area contributed by atoms with Gasteiger partial charge in [-0.3, -0.25) is 4.79 Å². The Hall–Kier alpha value is -2.87. The fourth-order valence-electron chi connectivity index (χ4n) is 4.21. The molecule has 0 saturated heterocycles. The number of fused-ring (bicyclic) bond motifs is 1. The van der Waals surface area contributed by atoms with Crippen molar-refractivity contribution in [1.29, 1.82) is 0 Å². The molecule has 1 heterocycles. The van der Waals surface area contributed by atoms with Crippen molar-refractivity contribution in [2.75, 3.05) is 26.6 Å². The van der Waals surface area contributed by atoms with E-state index in [0.29, 0.717) is 23.7 Å². The lowest BCUT2D eigenvalue weighted by molar-refractivity contribution is -0.140. The van der Waals surface area contributed by atoms with Crippen molar-refractivity contribution in [1.82, 2.24) is 9.97 Å². The first-order valence-corrected chi connectivity index (χ1v) is 12.7. The van der Waals surface area contributed by atoms with E-state index in [9.17, 15) is 4.79 Å². The number of esters is 1. The molecule has 35 heavy (non-hydrogen) atoms. The molecule has 0 fully saturated rings. The molecule has 1 atom stereocenters. The number of ether oxygens (including phenoxy) is 3. The van der Waals surface area contributed by atoms with E-state index in [0.717, 1.165) is 64.4 Å². The monoisotopic (exact) mass is 543 g/mol. The molecule has 0 amide bonds. The van der Waals surface area contributed by atoms with E-state index >= 15 is 0 Å². The maximum Gasteiger partial charge on any atom is 0.305 e. The van der Waals surface area contributed by atoms with Crippen molar-refractivity contribution < 1.29 is 19.0 Å². The van der Waals surface area contributed by atoms with E-state index in [1.165, 1.54) is 7.11 Å². The van der Waals surface area contributed by atoms with E-state index in [1.807, 2.05) is 25.1 Å². The number of hydrogen-bond donors (Lipinski definition) is 1. The molecule has 0 bridgehead atoms. The summed E-state index contributed by atoms with van der Waals surface area (Å²) < 4.78 is 17.2. The Balaban J connectivity index is 1.91. The predicted molar refractivity (Wildman–Crippen MR) is 142 cm³/mol. The molecule has 1 aromatic heterocycles. The third kappa shape index (κ3) is 6.84. The van der Waals surface area contributed by atoms with E-state index in [1.54, 1.807) is 14.2 Å². The molecule has 188 valence electrons. The molecule has 1 N–H and O–H groups in total. The van der Waals surface area contributed by atoms with Crippen LogP contribution in [-0.2, 0) is 16.0 Å². The lowest BCUT2D eigenvalue weighted by atomic mass is 10.00. The molecule has 0 unspecified atom stereocenters. The Morgan fingerprint density at radius 3 is 2.51 bits per heavy atom. The van der Waals surface area contributed by atoms with Crippen LogP contribution < -0.4 is 14.8 Å². The molecule has 3 aromatic rings. The second kappa shape index (κ2) is 12.7. The van der Waals surface area contributed by atoms with Crippen molar-refractivity contribution in [2.24, 2.45) is 0 Å². The van der Waals surface area contributed by atoms with Gasteiger partial charge in [0.15, 0.2) is 11.5 Å². The highest BCUT2D eigenvalue weighted by molar-refractivity contribution is 9.10. The summed E-state index contributed by atoms with van der Waals surface area (Å²) >= 11 is 3.56. The smallest absolute Gasteiger partial charge is 0.305 e. The van der Waals surface area contributed by atoms with Gasteiger partial charge in [0.05, 0.1) is 32.9 Å². The highest BCUT2D eigenvalue weighted by atomic mass is 79.9. The van der Waals surface area contributed by atoms with Crippen molar-refractivity contribution in [3.8, 4) is 11.5 Å². The van der Waals surface area contributed by atoms with Gasteiger partial charge in [0.1, 0.15) is 11.6 Å². The van der Waals surface area contributed by atoms with Gasteiger partial charge in [-0.05, 0) is 56.9 Å². The standard InChI is InChI=1S/C27H34BrN3O4/c1-17(19-11-10-12-20(28)15-19)29-27-22-16-23(33-3)26(35-5)21(25(22)30-18(2)31-27)13-8-6-7-9-14-24(32)34-4/h10-12,15-17H,6-9,13-14H2,1-5H3,(H,29,30,31)/t17-/m1/s1. The maximum atomic E-state index is 11.3. The Morgan fingerprint density at radius 1 is 1.06 bits per heavy atom. The van der Waals surface area contributed by atoms with Gasteiger partial charge in [-0.25, -0.2) is 9.97 Å². The zero-order valence-corrected chi connectivity index (χ0v) is 22.7. The number of aryl methyl sites for hydroxylation is 2. The molecule has 2 aromatic carbocycles. The highest BCUT2D eigenvalue weighted by Crippen LogP contribution is 2.40. The fraction of sp³-hybridized carbons (Fsp3) is 0.444. The Bertz CT molecular complexity index is 1170. The third-order valence-electron chi connectivity index (χ3n) is 6.03. The first-order chi connectivity index (χ1) is 16.9. The maximum absolute atomic E-state index is 11.3. The van der Waals surface area contributed by atoms with E-state index in [2.05, 4.69) is 40.3 Å². The summed E-state index contributed by atoms with van der Waals surface area (Å²) in [5.41, 5.74) is 3.03. The molecule has 7 nitrogen and oxygen atoms in total. The summed E-state index contributed by atoms with van der Waals surface area (Å²) in [5, 5.41) is 4.47. The number of nitrogens with zero attached hydrogens (tertiary/aromatic N) is 2. The number of carbonyl (C=O) groups excluding carboxylic acids is 1. The van der Waals surface area contributed by atoms with Crippen LogP contribution in [-0.4, -0.2) is 37.3 Å². The van der Waals surface area contributed by atoms with Gasteiger partial charge >= 0.3 is 5.97 Å². The average molecular weight is 544 g/mol. The highest BCUT2D eigenvalue weighted by Gasteiger charge is 2.20. The van der Waals surface area contributed by atoms with Crippen LogP contribution in [0.4, 0.5) is 5.82 Å². The van der Waals surface area contributed by atoms with Crippen molar-refractivity contribution in [3.63, 3.8) is 0 Å². The van der Waals surface area contributed by atoms with E-state index in [4.69, 9.17) is 24.2 Å². The number of methoxy groups -OCH3 is 3. The molecule has 0 saturated carbocycles. The van der Waals surface area contributed by atoms with Gasteiger partial charge in [-0.2, -0.15) is 0 Å². The Labute approximate surface area is 215 Å². The molecule has 0 aliphatic carbocycles. The minimum absolute atomic E-state index is 0.0383. The molecule has 0 aliphatic rings. The number of nitrogens with one attached hydrogen (secondary N) is 1. The summed E-state index contributed by atoms with van der Waals surface area (Å²) in [6.45, 7) is 4.02. The number of benzene rings is 2. The van der Waals surface area contributed by atoms with Crippen LogP contribution in [0.15, 0.2) is 34.8 Å². The number of aromatic nitrogens is 2. The van der Waals surface area contributed by atoms with Gasteiger partial charge in [-0.1, -0.05) is 40.9 Å². The third-order valence-corrected chi connectivity index (χ3v) is 6.52. The van der Waals surface area contributed by atoms with Crippen LogP contribution in [0.1, 0.15) is 62.0 Å². The van der Waals surface area contributed by atoms with Gasteiger partial charge < -0.3 is 19.5 Å². The largest absolute Gasteiger partial charge is 0.493 e. The first kappa shape index (κ1) is 26.7. The zero-order valence-electron chi connectivity index (χ0n) is 21.1. The minimum atomic E-state index is -0.158. The molecule has 0 spiro atoms. The molecule has 3 rings (SSSR count). The van der Waals surface area contributed by atoms with Crippen LogP contribution in [0.3, 0.4) is 0 Å². The second-order valence-corrected chi connectivity index (χ2v) is 9.43. The first-order valence-electron chi connectivity index (χ1n) is 11.9. The van der Waals surface area contributed by atoms with Crippen LogP contribution in [0.2, 0.25) is 0 Å². The number of carbonyl (C=O) groups is 1. The number of hydrogen-bond acceptors (Lipinski definition) is 7. The van der Waals surface area contributed by atoms with Crippen molar-refractivity contribution >= 4 is 38.6 Å². The molecule has 0 radical (unpaired) electrons. The average Bonchev–Trinajstić information content (AvgIpc) is 2.85. The Morgan fingerprint density at radius 2 is 1.83 bits per heavy atom. The lowest BCUT2D eigenvalue weighted by Gasteiger charge is -2.20. The fourth-order valence-corrected chi connectivity index (χ4v) is 4.63. The topological polar surface area (TPSA) is 82.6 Å². The number of unbranched alkanes of at least 4 members (excludes halogenated alkanes) is 3. The molecule has 8 heteroatoms. The second-order valence-electron chi connectivity index (χ2n) is 8.52. The predicted octanol–water partition coefficient (Wildman–Crippen LogP) is 6.56. The Kier molecular flexibility index (Phi) is 9.72. The summed E-state index contributed by atoms with van der Waals surface area (Å²) in [4.78, 5) is 20.9. The normalized spacial score (nSPS) is 11.8. The van der Waals surface area contributed by atoms with E-state index < -0.39 is 0 Å². The SMILES string of the molecule is COC(=O)CCCCCCc1c(OC)c(OC)cc2c(N[C@H](C)c3cccc(Br)c3)nc(C)nc12. The quantitative estimate of drug-likeness (QED) is 0.204. The summed E-state index contributed by atoms with van der Waals surface area (Å²) in [7, 11) is 4.73. The van der Waals surface area contributed by atoms with Crippen molar-refractivity contribution in [3.05, 3.63) is 51.8 Å². The number of anilines is 1. The lowest BCUT2D eigenvalue weighted by Crippen LogP contribution is -2.10. The van der Waals surface area contributed by atoms with Crippen LogP contribution in [0.25, 0.3) is 10.9 Å². The van der Waals surface area contributed by atoms with Crippen molar-refractivity contribution in [2.45, 2.75) is 58.4 Å². The zero-order chi connectivity index (χ0) is 25.4. The van der Waals surface area contributed by atoms with Crippen LogP contribution in [0.5, 0.6) is 11.5 Å². The number of rotatable bonds is 12. The van der Waals surface area contributed by atoms with Crippen LogP contribution in [0, 0.1) is 6.92 Å². The number of halogens is 1. The van der Waals surface area contributed by atoms with Crippen LogP contribution >= 0.6 is 15.9 Å². The summed E-state index contributed by atoms with van der Waals surface area (Å²) in [5.74, 6) is 2.66. The molecule has 0 aliphatic heterocycles. The van der Waals surface area contributed by atoms with Gasteiger partial charge in [0.2, 0.25) is 0 Å².